The smallest absolute Gasteiger partial charge is 0.365 e. The van der Waals surface area contributed by atoms with E-state index in [2.05, 4.69) is 5.16 Å². The van der Waals surface area contributed by atoms with Crippen molar-refractivity contribution in [3.63, 3.8) is 0 Å². The van der Waals surface area contributed by atoms with E-state index in [1.165, 1.54) is 6.07 Å². The van der Waals surface area contributed by atoms with Crippen LogP contribution in [0.1, 0.15) is 27.0 Å². The molecular weight excluding hydrogens is 447 g/mol. The number of oxime groups is 1. The number of halogens is 3. The van der Waals surface area contributed by atoms with Crippen molar-refractivity contribution in [2.75, 3.05) is 0 Å². The molecule has 0 atom stereocenters. The second kappa shape index (κ2) is 9.85. The molecule has 0 spiro atoms. The van der Waals surface area contributed by atoms with Gasteiger partial charge in [0.15, 0.2) is 5.84 Å². The first kappa shape index (κ1) is 22.0. The largest absolute Gasteiger partial charge is 0.487 e. The number of aryl methyl sites for hydroxylation is 1. The molecule has 154 valence electrons. The molecule has 0 aliphatic heterocycles. The van der Waals surface area contributed by atoms with Crippen molar-refractivity contribution in [1.29, 1.82) is 0 Å². The minimum absolute atomic E-state index is 0.0370. The summed E-state index contributed by atoms with van der Waals surface area (Å²) in [4.78, 5) is 17.1. The van der Waals surface area contributed by atoms with Crippen molar-refractivity contribution in [2.24, 2.45) is 10.9 Å². The van der Waals surface area contributed by atoms with Gasteiger partial charge in [-0.1, -0.05) is 58.2 Å². The number of carbonyl (C=O) groups excluding carboxylic acids is 1. The van der Waals surface area contributed by atoms with Crippen molar-refractivity contribution in [3.05, 3.63) is 98.0 Å². The van der Waals surface area contributed by atoms with Crippen LogP contribution in [0.15, 0.2) is 65.8 Å². The van der Waals surface area contributed by atoms with Crippen molar-refractivity contribution in [3.8, 4) is 5.75 Å². The average molecular weight is 464 g/mol. The Labute approximate surface area is 188 Å². The van der Waals surface area contributed by atoms with Crippen LogP contribution in [0.4, 0.5) is 0 Å². The van der Waals surface area contributed by atoms with Gasteiger partial charge in [-0.15, -0.1) is 0 Å². The molecular formula is C22H17Cl3N2O3. The molecule has 0 aromatic heterocycles. The molecule has 2 N–H and O–H groups in total. The summed E-state index contributed by atoms with van der Waals surface area (Å²) in [5.74, 6) is -0.0897. The van der Waals surface area contributed by atoms with Gasteiger partial charge in [0.1, 0.15) is 12.4 Å². The quantitative estimate of drug-likeness (QED) is 0.210. The highest BCUT2D eigenvalue weighted by atomic mass is 35.5. The normalized spacial score (nSPS) is 11.3. The highest BCUT2D eigenvalue weighted by Crippen LogP contribution is 2.26. The fourth-order valence-corrected chi connectivity index (χ4v) is 3.19. The molecule has 0 saturated carbocycles. The van der Waals surface area contributed by atoms with E-state index in [1.807, 2.05) is 19.1 Å². The SMILES string of the molecule is Cc1ccc(Cl)c(OCc2ccc(C(=O)O/N=C(\N)c3ccc(Cl)cc3Cl)cc2)c1. The molecule has 3 aromatic rings. The topological polar surface area (TPSA) is 73.9 Å². The van der Waals surface area contributed by atoms with E-state index in [1.54, 1.807) is 42.5 Å². The maximum atomic E-state index is 12.2. The minimum atomic E-state index is -0.655. The first-order valence-electron chi connectivity index (χ1n) is 8.81. The van der Waals surface area contributed by atoms with Crippen LogP contribution in [0, 0.1) is 6.92 Å². The Morgan fingerprint density at radius 2 is 1.70 bits per heavy atom. The van der Waals surface area contributed by atoms with Gasteiger partial charge in [-0.2, -0.15) is 0 Å². The Morgan fingerprint density at radius 3 is 2.40 bits per heavy atom. The molecule has 3 aromatic carbocycles. The monoisotopic (exact) mass is 462 g/mol. The highest BCUT2D eigenvalue weighted by Gasteiger charge is 2.11. The molecule has 0 bridgehead atoms. The first-order chi connectivity index (χ1) is 14.3. The number of hydrogen-bond acceptors (Lipinski definition) is 4. The van der Waals surface area contributed by atoms with E-state index in [-0.39, 0.29) is 5.84 Å². The van der Waals surface area contributed by atoms with E-state index >= 15 is 0 Å². The number of rotatable bonds is 6. The van der Waals surface area contributed by atoms with Crippen LogP contribution >= 0.6 is 34.8 Å². The van der Waals surface area contributed by atoms with Crippen LogP contribution in [0.25, 0.3) is 0 Å². The second-order valence-electron chi connectivity index (χ2n) is 6.40. The number of nitrogens with two attached hydrogens (primary N) is 1. The lowest BCUT2D eigenvalue weighted by atomic mass is 10.1. The molecule has 0 radical (unpaired) electrons. The Morgan fingerprint density at radius 1 is 0.967 bits per heavy atom. The molecule has 0 saturated heterocycles. The molecule has 0 amide bonds. The van der Waals surface area contributed by atoms with Crippen LogP contribution < -0.4 is 10.5 Å². The number of ether oxygens (including phenoxy) is 1. The average Bonchev–Trinajstić information content (AvgIpc) is 2.73. The Balaban J connectivity index is 1.61. The second-order valence-corrected chi connectivity index (χ2v) is 7.65. The Bertz CT molecular complexity index is 1100. The summed E-state index contributed by atoms with van der Waals surface area (Å²) in [5.41, 5.74) is 8.47. The van der Waals surface area contributed by atoms with Crippen molar-refractivity contribution >= 4 is 46.6 Å². The van der Waals surface area contributed by atoms with Crippen LogP contribution in [0.3, 0.4) is 0 Å². The van der Waals surface area contributed by atoms with Crippen LogP contribution in [-0.4, -0.2) is 11.8 Å². The molecule has 30 heavy (non-hydrogen) atoms. The summed E-state index contributed by atoms with van der Waals surface area (Å²) in [5, 5.41) is 4.96. The first-order valence-corrected chi connectivity index (χ1v) is 9.95. The molecule has 0 aliphatic rings. The van der Waals surface area contributed by atoms with Gasteiger partial charge in [-0.05, 0) is 60.5 Å². The molecule has 0 fully saturated rings. The zero-order valence-electron chi connectivity index (χ0n) is 15.9. The predicted octanol–water partition coefficient (Wildman–Crippen LogP) is 6.01. The Kier molecular flexibility index (Phi) is 7.21. The van der Waals surface area contributed by atoms with Gasteiger partial charge in [-0.25, -0.2) is 4.79 Å². The van der Waals surface area contributed by atoms with Crippen molar-refractivity contribution in [1.82, 2.24) is 0 Å². The van der Waals surface area contributed by atoms with Crippen LogP contribution in [0.2, 0.25) is 15.1 Å². The van der Waals surface area contributed by atoms with Gasteiger partial charge in [0.05, 0.1) is 15.6 Å². The third kappa shape index (κ3) is 5.66. The molecule has 0 unspecified atom stereocenters. The zero-order chi connectivity index (χ0) is 21.7. The highest BCUT2D eigenvalue weighted by molar-refractivity contribution is 6.36. The fraction of sp³-hybridized carbons (Fsp3) is 0.0909. The summed E-state index contributed by atoms with van der Waals surface area (Å²) in [6.45, 7) is 2.26. The lowest BCUT2D eigenvalue weighted by molar-refractivity contribution is 0.0516. The molecule has 8 heteroatoms. The van der Waals surface area contributed by atoms with E-state index < -0.39 is 5.97 Å². The zero-order valence-corrected chi connectivity index (χ0v) is 18.1. The molecule has 0 heterocycles. The Hall–Kier alpha value is -2.73. The van der Waals surface area contributed by atoms with Crippen LogP contribution in [0.5, 0.6) is 5.75 Å². The minimum Gasteiger partial charge on any atom is -0.487 e. The molecule has 3 rings (SSSR count). The van der Waals surface area contributed by atoms with Crippen molar-refractivity contribution < 1.29 is 14.4 Å². The molecule has 0 aliphatic carbocycles. The predicted molar refractivity (Wildman–Crippen MR) is 120 cm³/mol. The van der Waals surface area contributed by atoms with E-state index in [9.17, 15) is 4.79 Å². The number of benzene rings is 3. The van der Waals surface area contributed by atoms with Gasteiger partial charge in [-0.3, -0.25) is 0 Å². The standard InChI is InChI=1S/C22H17Cl3N2O3/c1-13-2-9-18(24)20(10-13)29-12-14-3-5-15(6-4-14)22(28)30-27-21(26)17-8-7-16(23)11-19(17)25/h2-11H,12H2,1H3,(H2,26,27). The van der Waals surface area contributed by atoms with Gasteiger partial charge in [0.2, 0.25) is 0 Å². The van der Waals surface area contributed by atoms with Crippen LogP contribution in [-0.2, 0) is 11.4 Å². The molecule has 5 nitrogen and oxygen atoms in total. The summed E-state index contributed by atoms with van der Waals surface area (Å²) in [6.07, 6.45) is 0. The number of carbonyl (C=O) groups is 1. The fourth-order valence-electron chi connectivity index (χ4n) is 2.51. The van der Waals surface area contributed by atoms with Gasteiger partial charge >= 0.3 is 5.97 Å². The van der Waals surface area contributed by atoms with Gasteiger partial charge in [0, 0.05) is 10.6 Å². The lowest BCUT2D eigenvalue weighted by Gasteiger charge is -2.09. The van der Waals surface area contributed by atoms with E-state index in [4.69, 9.17) is 50.1 Å². The third-order valence-electron chi connectivity index (χ3n) is 4.10. The number of nitrogens with zero attached hydrogens (tertiary/aromatic N) is 1. The van der Waals surface area contributed by atoms with Crippen molar-refractivity contribution in [2.45, 2.75) is 13.5 Å². The van der Waals surface area contributed by atoms with E-state index in [0.717, 1.165) is 11.1 Å². The third-order valence-corrected chi connectivity index (χ3v) is 4.96. The number of hydrogen-bond donors (Lipinski definition) is 1. The van der Waals surface area contributed by atoms with E-state index in [0.29, 0.717) is 38.6 Å². The summed E-state index contributed by atoms with van der Waals surface area (Å²) in [7, 11) is 0. The lowest BCUT2D eigenvalue weighted by Crippen LogP contribution is -2.15. The maximum Gasteiger partial charge on any atom is 0.365 e. The van der Waals surface area contributed by atoms with Gasteiger partial charge in [0.25, 0.3) is 0 Å². The summed E-state index contributed by atoms with van der Waals surface area (Å²) < 4.78 is 5.74. The summed E-state index contributed by atoms with van der Waals surface area (Å²) >= 11 is 18.0. The maximum absolute atomic E-state index is 12.2. The van der Waals surface area contributed by atoms with Gasteiger partial charge < -0.3 is 15.3 Å². The summed E-state index contributed by atoms with van der Waals surface area (Å²) in [6, 6.07) is 17.0. The number of amidine groups is 1.